The summed E-state index contributed by atoms with van der Waals surface area (Å²) in [5.41, 5.74) is 0.673. The molecular weight excluding hydrogens is 213 g/mol. The Morgan fingerprint density at radius 1 is 1.56 bits per heavy atom. The number of benzene rings is 1. The van der Waals surface area contributed by atoms with Crippen molar-refractivity contribution in [2.45, 2.75) is 18.8 Å². The predicted octanol–water partition coefficient (Wildman–Crippen LogP) is 1.73. The molecule has 0 aromatic heterocycles. The fraction of sp³-hybridized carbons (Fsp3) is 0.273. The van der Waals surface area contributed by atoms with Crippen LogP contribution in [-0.2, 0) is 9.59 Å². The van der Waals surface area contributed by atoms with E-state index < -0.39 is 17.7 Å². The van der Waals surface area contributed by atoms with E-state index in [2.05, 4.69) is 5.32 Å². The minimum absolute atomic E-state index is 0.0861. The Labute approximate surface area is 91.1 Å². The van der Waals surface area contributed by atoms with Crippen molar-refractivity contribution in [3.05, 3.63) is 29.6 Å². The van der Waals surface area contributed by atoms with Crippen LogP contribution in [0, 0.1) is 5.82 Å². The molecule has 16 heavy (non-hydrogen) atoms. The molecule has 5 heteroatoms. The lowest BCUT2D eigenvalue weighted by Gasteiger charge is -2.24. The number of para-hydroxylation sites is 1. The number of anilines is 1. The number of carboxylic acid groups (broad SMARTS) is 1. The number of aliphatic carboxylic acids is 1. The lowest BCUT2D eigenvalue weighted by molar-refractivity contribution is -0.137. The van der Waals surface area contributed by atoms with E-state index in [1.807, 2.05) is 0 Å². The van der Waals surface area contributed by atoms with Gasteiger partial charge in [-0.05, 0) is 11.6 Å². The summed E-state index contributed by atoms with van der Waals surface area (Å²) in [4.78, 5) is 21.9. The predicted molar refractivity (Wildman–Crippen MR) is 54.6 cm³/mol. The minimum Gasteiger partial charge on any atom is -0.481 e. The van der Waals surface area contributed by atoms with Crippen LogP contribution in [0.3, 0.4) is 0 Å². The van der Waals surface area contributed by atoms with Crippen LogP contribution in [-0.4, -0.2) is 17.0 Å². The number of fused-ring (bicyclic) bond motifs is 1. The average Bonchev–Trinajstić information content (AvgIpc) is 2.18. The molecule has 1 aromatic rings. The summed E-state index contributed by atoms with van der Waals surface area (Å²) >= 11 is 0. The van der Waals surface area contributed by atoms with Gasteiger partial charge in [0.15, 0.2) is 0 Å². The largest absolute Gasteiger partial charge is 0.481 e. The molecule has 0 spiro atoms. The summed E-state index contributed by atoms with van der Waals surface area (Å²) in [5.74, 6) is -2.31. The Morgan fingerprint density at radius 3 is 3.00 bits per heavy atom. The number of carboxylic acids is 1. The summed E-state index contributed by atoms with van der Waals surface area (Å²) in [6.45, 7) is 0. The van der Waals surface area contributed by atoms with Crippen LogP contribution in [0.4, 0.5) is 10.1 Å². The maximum atomic E-state index is 13.4. The fourth-order valence-corrected chi connectivity index (χ4v) is 1.93. The van der Waals surface area contributed by atoms with Gasteiger partial charge in [0.05, 0.1) is 12.1 Å². The quantitative estimate of drug-likeness (QED) is 0.802. The van der Waals surface area contributed by atoms with Gasteiger partial charge in [0.1, 0.15) is 5.82 Å². The first-order chi connectivity index (χ1) is 7.58. The zero-order chi connectivity index (χ0) is 11.7. The second-order valence-electron chi connectivity index (χ2n) is 3.75. The van der Waals surface area contributed by atoms with Crippen LogP contribution < -0.4 is 5.32 Å². The zero-order valence-electron chi connectivity index (χ0n) is 8.37. The second-order valence-corrected chi connectivity index (χ2v) is 3.75. The molecule has 0 saturated heterocycles. The Balaban J connectivity index is 2.41. The van der Waals surface area contributed by atoms with E-state index in [0.29, 0.717) is 5.56 Å². The number of hydrogen-bond acceptors (Lipinski definition) is 2. The Bertz CT molecular complexity index is 459. The molecule has 1 amide bonds. The van der Waals surface area contributed by atoms with Gasteiger partial charge < -0.3 is 10.4 Å². The number of carbonyl (C=O) groups excluding carboxylic acids is 1. The highest BCUT2D eigenvalue weighted by molar-refractivity contribution is 5.95. The maximum absolute atomic E-state index is 13.4. The lowest BCUT2D eigenvalue weighted by atomic mass is 9.88. The molecule has 0 fully saturated rings. The van der Waals surface area contributed by atoms with E-state index in [4.69, 9.17) is 5.11 Å². The fourth-order valence-electron chi connectivity index (χ4n) is 1.93. The van der Waals surface area contributed by atoms with E-state index in [1.165, 1.54) is 12.1 Å². The van der Waals surface area contributed by atoms with Crippen LogP contribution in [0.5, 0.6) is 0 Å². The van der Waals surface area contributed by atoms with Crippen LogP contribution in [0.2, 0.25) is 0 Å². The van der Waals surface area contributed by atoms with E-state index >= 15 is 0 Å². The molecule has 1 aliphatic heterocycles. The Kier molecular flexibility index (Phi) is 2.60. The van der Waals surface area contributed by atoms with Crippen molar-refractivity contribution in [1.29, 1.82) is 0 Å². The molecule has 1 aliphatic rings. The summed E-state index contributed by atoms with van der Waals surface area (Å²) in [7, 11) is 0. The Morgan fingerprint density at radius 2 is 2.31 bits per heavy atom. The number of nitrogens with one attached hydrogen (secondary N) is 1. The van der Waals surface area contributed by atoms with Gasteiger partial charge in [0.25, 0.3) is 0 Å². The topological polar surface area (TPSA) is 66.4 Å². The molecule has 84 valence electrons. The maximum Gasteiger partial charge on any atom is 0.303 e. The van der Waals surface area contributed by atoms with Gasteiger partial charge in [0, 0.05) is 12.3 Å². The van der Waals surface area contributed by atoms with Crippen LogP contribution in [0.1, 0.15) is 24.3 Å². The number of hydrogen-bond donors (Lipinski definition) is 2. The highest BCUT2D eigenvalue weighted by Gasteiger charge is 2.28. The number of amides is 1. The van der Waals surface area contributed by atoms with Crippen molar-refractivity contribution in [2.75, 3.05) is 5.32 Å². The van der Waals surface area contributed by atoms with Crippen LogP contribution in [0.15, 0.2) is 18.2 Å². The first-order valence-corrected chi connectivity index (χ1v) is 4.88. The summed E-state index contributed by atoms with van der Waals surface area (Å²) in [5, 5.41) is 11.1. The van der Waals surface area contributed by atoms with Gasteiger partial charge in [-0.15, -0.1) is 0 Å². The van der Waals surface area contributed by atoms with Gasteiger partial charge in [0.2, 0.25) is 5.91 Å². The molecule has 1 atom stereocenters. The van der Waals surface area contributed by atoms with Crippen molar-refractivity contribution in [3.8, 4) is 0 Å². The molecule has 2 rings (SSSR count). The molecule has 0 bridgehead atoms. The van der Waals surface area contributed by atoms with Crippen molar-refractivity contribution in [3.63, 3.8) is 0 Å². The monoisotopic (exact) mass is 223 g/mol. The molecule has 1 aromatic carbocycles. The lowest BCUT2D eigenvalue weighted by Crippen LogP contribution is -2.25. The first kappa shape index (κ1) is 10.6. The summed E-state index contributed by atoms with van der Waals surface area (Å²) in [6.07, 6.45) is -0.0768. The highest BCUT2D eigenvalue weighted by Crippen LogP contribution is 2.35. The van der Waals surface area contributed by atoms with E-state index in [0.717, 1.165) is 0 Å². The van der Waals surface area contributed by atoms with Crippen LogP contribution >= 0.6 is 0 Å². The van der Waals surface area contributed by atoms with Gasteiger partial charge >= 0.3 is 5.97 Å². The van der Waals surface area contributed by atoms with Gasteiger partial charge in [-0.1, -0.05) is 12.1 Å². The van der Waals surface area contributed by atoms with E-state index in [-0.39, 0.29) is 24.4 Å². The molecule has 1 heterocycles. The van der Waals surface area contributed by atoms with Crippen molar-refractivity contribution >= 4 is 17.6 Å². The van der Waals surface area contributed by atoms with Gasteiger partial charge in [-0.25, -0.2) is 4.39 Å². The molecule has 0 radical (unpaired) electrons. The second kappa shape index (κ2) is 3.92. The molecule has 0 saturated carbocycles. The SMILES string of the molecule is O=C(O)CC1CC(=O)Nc2c(F)cccc21. The molecular formula is C11H10FNO3. The molecule has 1 unspecified atom stereocenters. The van der Waals surface area contributed by atoms with Crippen molar-refractivity contribution < 1.29 is 19.1 Å². The molecule has 0 aliphatic carbocycles. The van der Waals surface area contributed by atoms with E-state index in [1.54, 1.807) is 6.07 Å². The Hall–Kier alpha value is -1.91. The smallest absolute Gasteiger partial charge is 0.303 e. The third kappa shape index (κ3) is 1.88. The number of rotatable bonds is 2. The highest BCUT2D eigenvalue weighted by atomic mass is 19.1. The van der Waals surface area contributed by atoms with Gasteiger partial charge in [-0.3, -0.25) is 9.59 Å². The van der Waals surface area contributed by atoms with E-state index in [9.17, 15) is 14.0 Å². The van der Waals surface area contributed by atoms with Crippen molar-refractivity contribution in [2.24, 2.45) is 0 Å². The van der Waals surface area contributed by atoms with Crippen LogP contribution in [0.25, 0.3) is 0 Å². The average molecular weight is 223 g/mol. The number of carbonyl (C=O) groups is 2. The molecule has 2 N–H and O–H groups in total. The number of halogens is 1. The summed E-state index contributed by atoms with van der Waals surface area (Å²) < 4.78 is 13.4. The minimum atomic E-state index is -0.991. The third-order valence-electron chi connectivity index (χ3n) is 2.60. The van der Waals surface area contributed by atoms with Crippen molar-refractivity contribution in [1.82, 2.24) is 0 Å². The third-order valence-corrected chi connectivity index (χ3v) is 2.60. The zero-order valence-corrected chi connectivity index (χ0v) is 8.37. The first-order valence-electron chi connectivity index (χ1n) is 4.88. The summed E-state index contributed by atoms with van der Waals surface area (Å²) in [6, 6.07) is 4.40. The normalized spacial score (nSPS) is 18.8. The standard InChI is InChI=1S/C11H10FNO3/c12-8-3-1-2-7-6(5-10(15)16)4-9(14)13-11(7)8/h1-3,6H,4-5H2,(H,13,14)(H,15,16). The van der Waals surface area contributed by atoms with Gasteiger partial charge in [-0.2, -0.15) is 0 Å². The molecule has 4 nitrogen and oxygen atoms in total.